The van der Waals surface area contributed by atoms with E-state index in [2.05, 4.69) is 6.92 Å². The molecule has 0 aromatic heterocycles. The van der Waals surface area contributed by atoms with E-state index in [0.717, 1.165) is 6.42 Å². The van der Waals surface area contributed by atoms with Gasteiger partial charge in [-0.05, 0) is 18.8 Å². The molecule has 2 nitrogen and oxygen atoms in total. The molecule has 0 radical (unpaired) electrons. The summed E-state index contributed by atoms with van der Waals surface area (Å²) >= 11 is 0. The van der Waals surface area contributed by atoms with E-state index in [4.69, 9.17) is 0 Å². The highest BCUT2D eigenvalue weighted by atomic mass is 31.2. The van der Waals surface area contributed by atoms with Gasteiger partial charge in [0, 0.05) is 12.3 Å². The van der Waals surface area contributed by atoms with Crippen LogP contribution >= 0.6 is 7.37 Å². The van der Waals surface area contributed by atoms with Crippen LogP contribution in [-0.4, -0.2) is 17.2 Å². The molecular weight excluding hydrogens is 207 g/mol. The minimum atomic E-state index is -2.67. The molecule has 3 heteroatoms. The maximum absolute atomic E-state index is 11.4. The predicted octanol–water partition coefficient (Wildman–Crippen LogP) is 4.03. The average molecular weight is 232 g/mol. The fourth-order valence-corrected chi connectivity index (χ4v) is 4.54. The molecule has 0 saturated carbocycles. The molecule has 1 rings (SSSR count). The molecule has 15 heavy (non-hydrogen) atoms. The van der Waals surface area contributed by atoms with Crippen LogP contribution in [0.25, 0.3) is 0 Å². The highest BCUT2D eigenvalue weighted by molar-refractivity contribution is 7.58. The number of unbranched alkanes of at least 4 members (excludes halogenated alkanes) is 5. The van der Waals surface area contributed by atoms with Crippen LogP contribution in [0.3, 0.4) is 0 Å². The molecule has 0 bridgehead atoms. The largest absolute Gasteiger partial charge is 0.344 e. The van der Waals surface area contributed by atoms with Crippen molar-refractivity contribution >= 4 is 7.37 Å². The van der Waals surface area contributed by atoms with E-state index in [1.165, 1.54) is 44.9 Å². The summed E-state index contributed by atoms with van der Waals surface area (Å²) in [7, 11) is -2.67. The SMILES string of the molecule is CCCCCCCCC1CCP(=O)(O)C1. The molecule has 2 atom stereocenters. The fraction of sp³-hybridized carbons (Fsp3) is 1.00. The fourth-order valence-electron chi connectivity index (χ4n) is 2.42. The predicted molar refractivity (Wildman–Crippen MR) is 65.7 cm³/mol. The third kappa shape index (κ3) is 5.73. The molecule has 1 saturated heterocycles. The Morgan fingerprint density at radius 3 is 2.47 bits per heavy atom. The third-order valence-electron chi connectivity index (χ3n) is 3.40. The molecule has 0 aromatic rings. The highest BCUT2D eigenvalue weighted by Gasteiger charge is 2.31. The Morgan fingerprint density at radius 1 is 1.20 bits per heavy atom. The molecule has 1 heterocycles. The summed E-state index contributed by atoms with van der Waals surface area (Å²) in [6.45, 7) is 2.23. The molecule has 0 aliphatic carbocycles. The van der Waals surface area contributed by atoms with Gasteiger partial charge >= 0.3 is 0 Å². The van der Waals surface area contributed by atoms with Gasteiger partial charge in [0.25, 0.3) is 0 Å². The molecule has 90 valence electrons. The minimum Gasteiger partial charge on any atom is -0.344 e. The van der Waals surface area contributed by atoms with Crippen molar-refractivity contribution < 1.29 is 9.46 Å². The molecule has 1 fully saturated rings. The van der Waals surface area contributed by atoms with Crippen molar-refractivity contribution in [1.29, 1.82) is 0 Å². The van der Waals surface area contributed by atoms with Gasteiger partial charge in [0.05, 0.1) is 0 Å². The monoisotopic (exact) mass is 232 g/mol. The van der Waals surface area contributed by atoms with Gasteiger partial charge in [-0.3, -0.25) is 4.57 Å². The zero-order valence-corrected chi connectivity index (χ0v) is 10.8. The Morgan fingerprint density at radius 2 is 1.87 bits per heavy atom. The van der Waals surface area contributed by atoms with Gasteiger partial charge in [0.15, 0.2) is 0 Å². The lowest BCUT2D eigenvalue weighted by molar-refractivity contribution is 0.471. The first-order chi connectivity index (χ1) is 7.14. The Kier molecular flexibility index (Phi) is 5.92. The van der Waals surface area contributed by atoms with Crippen molar-refractivity contribution in [2.45, 2.75) is 58.3 Å². The zero-order chi connectivity index (χ0) is 11.1. The Balaban J connectivity index is 1.95. The van der Waals surface area contributed by atoms with Crippen LogP contribution in [0.1, 0.15) is 58.3 Å². The van der Waals surface area contributed by atoms with Crippen molar-refractivity contribution in [2.24, 2.45) is 5.92 Å². The number of hydrogen-bond acceptors (Lipinski definition) is 1. The van der Waals surface area contributed by atoms with Gasteiger partial charge in [-0.25, -0.2) is 0 Å². The second-order valence-electron chi connectivity index (χ2n) is 4.96. The third-order valence-corrected chi connectivity index (χ3v) is 5.44. The van der Waals surface area contributed by atoms with E-state index in [0.29, 0.717) is 18.2 Å². The lowest BCUT2D eigenvalue weighted by Gasteiger charge is -2.07. The van der Waals surface area contributed by atoms with Crippen LogP contribution in [-0.2, 0) is 4.57 Å². The molecular formula is C12H25O2P. The quantitative estimate of drug-likeness (QED) is 0.531. The molecule has 1 N–H and O–H groups in total. The summed E-state index contributed by atoms with van der Waals surface area (Å²) in [4.78, 5) is 9.39. The summed E-state index contributed by atoms with van der Waals surface area (Å²) < 4.78 is 11.4. The summed E-state index contributed by atoms with van der Waals surface area (Å²) in [5.41, 5.74) is 0. The van der Waals surface area contributed by atoms with Crippen LogP contribution in [0.2, 0.25) is 0 Å². The van der Waals surface area contributed by atoms with Crippen LogP contribution in [0.4, 0.5) is 0 Å². The second kappa shape index (κ2) is 6.70. The first-order valence-electron chi connectivity index (χ1n) is 6.45. The van der Waals surface area contributed by atoms with E-state index in [1.807, 2.05) is 0 Å². The highest BCUT2D eigenvalue weighted by Crippen LogP contribution is 2.51. The first-order valence-corrected chi connectivity index (χ1v) is 8.48. The average Bonchev–Trinajstić information content (AvgIpc) is 2.52. The van der Waals surface area contributed by atoms with Crippen molar-refractivity contribution in [3.05, 3.63) is 0 Å². The number of rotatable bonds is 7. The maximum Gasteiger partial charge on any atom is 0.200 e. The topological polar surface area (TPSA) is 37.3 Å². The van der Waals surface area contributed by atoms with Crippen LogP contribution in [0.15, 0.2) is 0 Å². The second-order valence-corrected chi connectivity index (χ2v) is 7.47. The Bertz CT molecular complexity index is 216. The van der Waals surface area contributed by atoms with Gasteiger partial charge < -0.3 is 4.89 Å². The summed E-state index contributed by atoms with van der Waals surface area (Å²) in [6.07, 6.45) is 11.3. The van der Waals surface area contributed by atoms with E-state index in [-0.39, 0.29) is 0 Å². The normalized spacial score (nSPS) is 30.9. The van der Waals surface area contributed by atoms with Gasteiger partial charge in [0.1, 0.15) is 0 Å². The minimum absolute atomic E-state index is 0.548. The molecule has 0 amide bonds. The van der Waals surface area contributed by atoms with Crippen molar-refractivity contribution in [3.63, 3.8) is 0 Å². The number of hydrogen-bond donors (Lipinski definition) is 1. The molecule has 2 unspecified atom stereocenters. The van der Waals surface area contributed by atoms with Gasteiger partial charge in [0.2, 0.25) is 7.37 Å². The molecule has 1 aliphatic heterocycles. The van der Waals surface area contributed by atoms with E-state index >= 15 is 0 Å². The Labute approximate surface area is 93.9 Å². The van der Waals surface area contributed by atoms with E-state index in [1.54, 1.807) is 0 Å². The lowest BCUT2D eigenvalue weighted by Crippen LogP contribution is -1.98. The zero-order valence-electron chi connectivity index (χ0n) is 9.95. The summed E-state index contributed by atoms with van der Waals surface area (Å²) in [5.74, 6) is 0.548. The first kappa shape index (κ1) is 13.3. The maximum atomic E-state index is 11.4. The van der Waals surface area contributed by atoms with Crippen molar-refractivity contribution in [2.75, 3.05) is 12.3 Å². The molecule has 1 aliphatic rings. The van der Waals surface area contributed by atoms with Gasteiger partial charge in [-0.1, -0.05) is 45.4 Å². The summed E-state index contributed by atoms with van der Waals surface area (Å²) in [5, 5.41) is 0. The molecule has 0 spiro atoms. The Hall–Kier alpha value is 0.190. The van der Waals surface area contributed by atoms with Crippen LogP contribution in [0, 0.1) is 5.92 Å². The smallest absolute Gasteiger partial charge is 0.200 e. The van der Waals surface area contributed by atoms with Crippen LogP contribution < -0.4 is 0 Å². The summed E-state index contributed by atoms with van der Waals surface area (Å²) in [6, 6.07) is 0. The van der Waals surface area contributed by atoms with E-state index < -0.39 is 7.37 Å². The molecule has 0 aromatic carbocycles. The lowest BCUT2D eigenvalue weighted by atomic mass is 10.00. The van der Waals surface area contributed by atoms with Crippen molar-refractivity contribution in [3.8, 4) is 0 Å². The van der Waals surface area contributed by atoms with Crippen molar-refractivity contribution in [1.82, 2.24) is 0 Å². The van der Waals surface area contributed by atoms with E-state index in [9.17, 15) is 9.46 Å². The van der Waals surface area contributed by atoms with Gasteiger partial charge in [-0.15, -0.1) is 0 Å². The standard InChI is InChI=1S/C12H25O2P/c1-2-3-4-5-6-7-8-12-9-10-15(13,14)11-12/h12H,2-11H2,1H3,(H,13,14). The van der Waals surface area contributed by atoms with Gasteiger partial charge in [-0.2, -0.15) is 0 Å². The van der Waals surface area contributed by atoms with Crippen LogP contribution in [0.5, 0.6) is 0 Å².